The van der Waals surface area contributed by atoms with Gasteiger partial charge in [0.2, 0.25) is 15.9 Å². The van der Waals surface area contributed by atoms with E-state index in [1.807, 2.05) is 26.0 Å². The number of Topliss-reactive ketones (excluding diaryl/α,β-unsaturated/α-hetero) is 1. The van der Waals surface area contributed by atoms with Crippen LogP contribution in [0, 0.1) is 5.92 Å². The molecule has 0 spiro atoms. The largest absolute Gasteiger partial charge is 0.378 e. The highest BCUT2D eigenvalue weighted by atomic mass is 32.2. The van der Waals surface area contributed by atoms with Gasteiger partial charge < -0.3 is 19.9 Å². The van der Waals surface area contributed by atoms with Gasteiger partial charge in [-0.15, -0.1) is 0 Å². The van der Waals surface area contributed by atoms with E-state index in [0.29, 0.717) is 31.6 Å². The Hall–Kier alpha value is -3.28. The van der Waals surface area contributed by atoms with E-state index in [-0.39, 0.29) is 41.5 Å². The number of ketones is 1. The van der Waals surface area contributed by atoms with E-state index < -0.39 is 28.1 Å². The number of morpholine rings is 1. The fraction of sp³-hybridized carbons (Fsp3) is 0.483. The van der Waals surface area contributed by atoms with Gasteiger partial charge in [-0.1, -0.05) is 32.0 Å². The topological polar surface area (TPSA) is 116 Å². The molecule has 0 aromatic heterocycles. The van der Waals surface area contributed by atoms with Crippen molar-refractivity contribution >= 4 is 33.3 Å². The summed E-state index contributed by atoms with van der Waals surface area (Å²) < 4.78 is 33.3. The van der Waals surface area contributed by atoms with Gasteiger partial charge in [0.15, 0.2) is 5.78 Å². The fourth-order valence-corrected chi connectivity index (χ4v) is 7.49. The van der Waals surface area contributed by atoms with Crippen LogP contribution in [0.15, 0.2) is 59.5 Å². The maximum atomic E-state index is 13.8. The highest BCUT2D eigenvalue weighted by molar-refractivity contribution is 7.89. The number of nitrogens with one attached hydrogen (secondary N) is 1. The summed E-state index contributed by atoms with van der Waals surface area (Å²) in [4.78, 5) is 43.9. The van der Waals surface area contributed by atoms with Crippen molar-refractivity contribution in [1.82, 2.24) is 14.5 Å². The highest BCUT2D eigenvalue weighted by Crippen LogP contribution is 2.34. The van der Waals surface area contributed by atoms with Crippen LogP contribution in [0.2, 0.25) is 0 Å². The SMILES string of the molecule is CC(C)C[C@H](NC(=O)c1ccc(N2CCOCC2)cc1)C(=O)N1CC[C@@H]2C1C(=O)CN2S(=O)(=O)c1ccccc1. The van der Waals surface area contributed by atoms with Crippen molar-refractivity contribution in [2.45, 2.75) is 49.7 Å². The van der Waals surface area contributed by atoms with Gasteiger partial charge in [0.1, 0.15) is 12.1 Å². The number of hydrogen-bond donors (Lipinski definition) is 1. The molecule has 214 valence electrons. The van der Waals surface area contributed by atoms with Gasteiger partial charge in [-0.05, 0) is 55.2 Å². The highest BCUT2D eigenvalue weighted by Gasteiger charge is 2.54. The maximum absolute atomic E-state index is 13.8. The monoisotopic (exact) mass is 568 g/mol. The zero-order chi connectivity index (χ0) is 28.4. The summed E-state index contributed by atoms with van der Waals surface area (Å²) in [5.74, 6) is -0.921. The van der Waals surface area contributed by atoms with E-state index in [2.05, 4.69) is 10.2 Å². The average Bonchev–Trinajstić information content (AvgIpc) is 3.54. The van der Waals surface area contributed by atoms with Crippen LogP contribution in [0.4, 0.5) is 5.69 Å². The third kappa shape index (κ3) is 5.63. The van der Waals surface area contributed by atoms with Crippen LogP contribution < -0.4 is 10.2 Å². The molecule has 3 saturated heterocycles. The molecule has 1 unspecified atom stereocenters. The van der Waals surface area contributed by atoms with Gasteiger partial charge in [0.05, 0.1) is 30.7 Å². The molecule has 5 rings (SSSR count). The summed E-state index contributed by atoms with van der Waals surface area (Å²) in [5.41, 5.74) is 1.45. The summed E-state index contributed by atoms with van der Waals surface area (Å²) in [5, 5.41) is 2.90. The molecule has 2 aromatic carbocycles. The average molecular weight is 569 g/mol. The number of fused-ring (bicyclic) bond motifs is 1. The van der Waals surface area contributed by atoms with Crippen molar-refractivity contribution in [2.24, 2.45) is 5.92 Å². The van der Waals surface area contributed by atoms with Crippen LogP contribution in [-0.2, 0) is 24.3 Å². The lowest BCUT2D eigenvalue weighted by Crippen LogP contribution is -2.53. The van der Waals surface area contributed by atoms with Crippen LogP contribution in [-0.4, -0.2) is 92.7 Å². The van der Waals surface area contributed by atoms with E-state index in [1.54, 1.807) is 30.3 Å². The first-order chi connectivity index (χ1) is 19.2. The molecule has 10 nitrogen and oxygen atoms in total. The quantitative estimate of drug-likeness (QED) is 0.517. The molecule has 2 amide bonds. The van der Waals surface area contributed by atoms with Gasteiger partial charge in [-0.25, -0.2) is 8.42 Å². The molecule has 40 heavy (non-hydrogen) atoms. The second kappa shape index (κ2) is 11.7. The Kier molecular flexibility index (Phi) is 8.25. The molecule has 0 saturated carbocycles. The van der Waals surface area contributed by atoms with Crippen LogP contribution in [0.3, 0.4) is 0 Å². The lowest BCUT2D eigenvalue weighted by Gasteiger charge is -2.29. The molecule has 0 radical (unpaired) electrons. The number of anilines is 1. The van der Waals surface area contributed by atoms with Crippen molar-refractivity contribution in [3.05, 3.63) is 60.2 Å². The number of rotatable bonds is 8. The zero-order valence-electron chi connectivity index (χ0n) is 22.9. The van der Waals surface area contributed by atoms with Crippen LogP contribution >= 0.6 is 0 Å². The van der Waals surface area contributed by atoms with Crippen molar-refractivity contribution in [2.75, 3.05) is 44.3 Å². The van der Waals surface area contributed by atoms with E-state index in [1.165, 1.54) is 21.3 Å². The minimum atomic E-state index is -3.89. The zero-order valence-corrected chi connectivity index (χ0v) is 23.7. The molecule has 3 aliphatic rings. The van der Waals surface area contributed by atoms with Crippen molar-refractivity contribution in [3.63, 3.8) is 0 Å². The van der Waals surface area contributed by atoms with Gasteiger partial charge in [0, 0.05) is 30.9 Å². The first kappa shape index (κ1) is 28.3. The molecule has 3 aliphatic heterocycles. The molecule has 11 heteroatoms. The Labute approximate surface area is 235 Å². The van der Waals surface area contributed by atoms with Crippen molar-refractivity contribution in [1.29, 1.82) is 0 Å². The maximum Gasteiger partial charge on any atom is 0.251 e. The number of likely N-dealkylation sites (tertiary alicyclic amines) is 1. The van der Waals surface area contributed by atoms with E-state index in [4.69, 9.17) is 4.74 Å². The number of nitrogens with zero attached hydrogens (tertiary/aromatic N) is 3. The minimum Gasteiger partial charge on any atom is -0.378 e. The summed E-state index contributed by atoms with van der Waals surface area (Å²) in [6.07, 6.45) is 0.754. The van der Waals surface area contributed by atoms with Crippen molar-refractivity contribution < 1.29 is 27.5 Å². The Morgan fingerprint density at radius 2 is 1.68 bits per heavy atom. The molecule has 3 fully saturated rings. The first-order valence-electron chi connectivity index (χ1n) is 13.8. The summed E-state index contributed by atoms with van der Waals surface area (Å²) in [6, 6.07) is 13.0. The molecule has 1 N–H and O–H groups in total. The molecule has 0 aliphatic carbocycles. The summed E-state index contributed by atoms with van der Waals surface area (Å²) in [7, 11) is -3.89. The van der Waals surface area contributed by atoms with E-state index in [0.717, 1.165) is 18.8 Å². The molecule has 0 bridgehead atoms. The third-order valence-corrected chi connectivity index (χ3v) is 9.71. The third-order valence-electron chi connectivity index (χ3n) is 7.83. The normalized spacial score (nSPS) is 22.4. The Balaban J connectivity index is 1.30. The van der Waals surface area contributed by atoms with Crippen LogP contribution in [0.1, 0.15) is 37.0 Å². The Bertz CT molecular complexity index is 1340. The lowest BCUT2D eigenvalue weighted by molar-refractivity contribution is -0.138. The first-order valence-corrected chi connectivity index (χ1v) is 15.2. The predicted octanol–water partition coefficient (Wildman–Crippen LogP) is 1.91. The standard InChI is InChI=1S/C29H36N4O6S/c1-20(2)18-24(30-28(35)21-8-10-22(11-9-21)31-14-16-39-17-15-31)29(36)32-13-12-25-27(32)26(34)19-33(25)40(37,38)23-6-4-3-5-7-23/h3-11,20,24-25,27H,12-19H2,1-2H3,(H,30,35)/t24-,25+,27?/m0/s1. The molecular formula is C29H36N4O6S. The number of carbonyl (C=O) groups is 3. The lowest BCUT2D eigenvalue weighted by atomic mass is 10.0. The Morgan fingerprint density at radius 3 is 2.33 bits per heavy atom. The number of sulfonamides is 1. The van der Waals surface area contributed by atoms with Crippen LogP contribution in [0.5, 0.6) is 0 Å². The number of hydrogen-bond acceptors (Lipinski definition) is 7. The van der Waals surface area contributed by atoms with E-state index >= 15 is 0 Å². The summed E-state index contributed by atoms with van der Waals surface area (Å²) in [6.45, 7) is 6.81. The number of carbonyl (C=O) groups excluding carboxylic acids is 3. The van der Waals surface area contributed by atoms with E-state index in [9.17, 15) is 22.8 Å². The second-order valence-corrected chi connectivity index (χ2v) is 12.9. The van der Waals surface area contributed by atoms with Gasteiger partial charge >= 0.3 is 0 Å². The van der Waals surface area contributed by atoms with Crippen molar-refractivity contribution in [3.8, 4) is 0 Å². The summed E-state index contributed by atoms with van der Waals surface area (Å²) >= 11 is 0. The van der Waals surface area contributed by atoms with Gasteiger partial charge in [-0.3, -0.25) is 14.4 Å². The molecule has 3 atom stereocenters. The van der Waals surface area contributed by atoms with Crippen LogP contribution in [0.25, 0.3) is 0 Å². The molecule has 3 heterocycles. The Morgan fingerprint density at radius 1 is 1.00 bits per heavy atom. The molecule has 2 aromatic rings. The fourth-order valence-electron chi connectivity index (χ4n) is 5.85. The number of amides is 2. The molecular weight excluding hydrogens is 532 g/mol. The van der Waals surface area contributed by atoms with Gasteiger partial charge in [-0.2, -0.15) is 4.31 Å². The minimum absolute atomic E-state index is 0.102. The number of benzene rings is 2. The predicted molar refractivity (Wildman–Crippen MR) is 149 cm³/mol. The van der Waals surface area contributed by atoms with Gasteiger partial charge in [0.25, 0.3) is 5.91 Å². The second-order valence-electron chi connectivity index (χ2n) is 11.0. The smallest absolute Gasteiger partial charge is 0.251 e. The number of ether oxygens (including phenoxy) is 1.